The van der Waals surface area contributed by atoms with E-state index in [2.05, 4.69) is 44.1 Å². The Morgan fingerprint density at radius 3 is 2.58 bits per heavy atom. The average molecular weight is 442 g/mol. The fraction of sp³-hybridized carbons (Fsp3) is 0.308. The highest BCUT2D eigenvalue weighted by atomic mass is 16.3. The number of imidazole rings is 1. The summed E-state index contributed by atoms with van der Waals surface area (Å²) in [6.07, 6.45) is 6.16. The van der Waals surface area contributed by atoms with Gasteiger partial charge in [-0.25, -0.2) is 4.98 Å². The fourth-order valence-corrected chi connectivity index (χ4v) is 4.79. The van der Waals surface area contributed by atoms with Gasteiger partial charge in [0, 0.05) is 22.2 Å². The monoisotopic (exact) mass is 441 g/mol. The van der Waals surface area contributed by atoms with Crippen molar-refractivity contribution < 1.29 is 9.21 Å². The van der Waals surface area contributed by atoms with Crippen molar-refractivity contribution in [1.29, 1.82) is 0 Å². The molecule has 6 rings (SSSR count). The Hall–Kier alpha value is -3.42. The molecule has 7 heteroatoms. The Bertz CT molecular complexity index is 1280. The van der Waals surface area contributed by atoms with E-state index in [4.69, 9.17) is 4.42 Å². The van der Waals surface area contributed by atoms with Crippen molar-refractivity contribution >= 4 is 22.6 Å². The summed E-state index contributed by atoms with van der Waals surface area (Å²) in [5.74, 6) is 1.84. The van der Waals surface area contributed by atoms with E-state index in [0.29, 0.717) is 6.04 Å². The highest BCUT2D eigenvalue weighted by Crippen LogP contribution is 2.32. The number of benzene rings is 2. The SMILES string of the molecule is O=C(Nc1ccc(-c2cc3cc(-c4cnc([C@@H]5CCCN5)[nH]4)ccc3o2)cc1)[C@@H]1CCCN1. The zero-order chi connectivity index (χ0) is 22.2. The van der Waals surface area contributed by atoms with Crippen molar-refractivity contribution in [1.82, 2.24) is 20.6 Å². The molecule has 4 N–H and O–H groups in total. The molecule has 0 aliphatic carbocycles. The molecule has 1 amide bonds. The van der Waals surface area contributed by atoms with Crippen LogP contribution in [0.15, 0.2) is 59.1 Å². The van der Waals surface area contributed by atoms with Crippen LogP contribution >= 0.6 is 0 Å². The third-order valence-corrected chi connectivity index (χ3v) is 6.63. The van der Waals surface area contributed by atoms with Crippen LogP contribution in [0.5, 0.6) is 0 Å². The van der Waals surface area contributed by atoms with E-state index in [1.807, 2.05) is 36.5 Å². The predicted molar refractivity (Wildman–Crippen MR) is 129 cm³/mol. The lowest BCUT2D eigenvalue weighted by atomic mass is 10.1. The number of hydrogen-bond acceptors (Lipinski definition) is 5. The second kappa shape index (κ2) is 8.50. The number of aromatic amines is 1. The first kappa shape index (κ1) is 20.2. The molecule has 2 fully saturated rings. The molecule has 0 bridgehead atoms. The van der Waals surface area contributed by atoms with Gasteiger partial charge >= 0.3 is 0 Å². The smallest absolute Gasteiger partial charge is 0.241 e. The van der Waals surface area contributed by atoms with Crippen molar-refractivity contribution in [3.8, 4) is 22.6 Å². The number of hydrogen-bond donors (Lipinski definition) is 4. The number of carbonyl (C=O) groups is 1. The summed E-state index contributed by atoms with van der Waals surface area (Å²) in [6.45, 7) is 1.96. The van der Waals surface area contributed by atoms with Gasteiger partial charge in [0.2, 0.25) is 5.91 Å². The third kappa shape index (κ3) is 4.05. The number of anilines is 1. The molecular formula is C26H27N5O2. The van der Waals surface area contributed by atoms with E-state index in [1.165, 1.54) is 6.42 Å². The van der Waals surface area contributed by atoms with Crippen LogP contribution in [0.2, 0.25) is 0 Å². The number of nitrogens with zero attached hydrogens (tertiary/aromatic N) is 1. The molecule has 2 aliphatic rings. The van der Waals surface area contributed by atoms with Gasteiger partial charge in [0.25, 0.3) is 0 Å². The van der Waals surface area contributed by atoms with Gasteiger partial charge in [-0.3, -0.25) is 4.79 Å². The Balaban J connectivity index is 1.20. The summed E-state index contributed by atoms with van der Waals surface area (Å²) in [5.41, 5.74) is 4.71. The minimum absolute atomic E-state index is 0.0298. The Morgan fingerprint density at radius 2 is 1.79 bits per heavy atom. The van der Waals surface area contributed by atoms with Gasteiger partial charge in [-0.1, -0.05) is 0 Å². The van der Waals surface area contributed by atoms with Crippen LogP contribution < -0.4 is 16.0 Å². The molecule has 2 aromatic heterocycles. The van der Waals surface area contributed by atoms with Crippen LogP contribution in [-0.4, -0.2) is 35.0 Å². The normalized spacial score (nSPS) is 20.5. The zero-order valence-electron chi connectivity index (χ0n) is 18.4. The molecule has 4 heterocycles. The first-order valence-corrected chi connectivity index (χ1v) is 11.7. The number of carbonyl (C=O) groups excluding carboxylic acids is 1. The van der Waals surface area contributed by atoms with Gasteiger partial charge in [-0.2, -0.15) is 0 Å². The molecule has 0 radical (unpaired) electrons. The highest BCUT2D eigenvalue weighted by Gasteiger charge is 2.22. The largest absolute Gasteiger partial charge is 0.456 e. The summed E-state index contributed by atoms with van der Waals surface area (Å²) in [6, 6.07) is 16.3. The summed E-state index contributed by atoms with van der Waals surface area (Å²) in [5, 5.41) is 10.7. The van der Waals surface area contributed by atoms with E-state index in [1.54, 1.807) is 0 Å². The van der Waals surface area contributed by atoms with Gasteiger partial charge in [0.05, 0.1) is 24.0 Å². The summed E-state index contributed by atoms with van der Waals surface area (Å²) in [4.78, 5) is 20.4. The summed E-state index contributed by atoms with van der Waals surface area (Å²) < 4.78 is 6.10. The van der Waals surface area contributed by atoms with Gasteiger partial charge in [-0.05, 0) is 87.3 Å². The molecule has 168 valence electrons. The molecule has 4 aromatic rings. The van der Waals surface area contributed by atoms with E-state index in [-0.39, 0.29) is 11.9 Å². The van der Waals surface area contributed by atoms with Crippen molar-refractivity contribution in [2.45, 2.75) is 37.8 Å². The summed E-state index contributed by atoms with van der Waals surface area (Å²) in [7, 11) is 0. The van der Waals surface area contributed by atoms with Gasteiger partial charge < -0.3 is 25.4 Å². The maximum atomic E-state index is 12.3. The first-order chi connectivity index (χ1) is 16.2. The molecular weight excluding hydrogens is 414 g/mol. The van der Waals surface area contributed by atoms with Crippen LogP contribution in [0, 0.1) is 0 Å². The lowest BCUT2D eigenvalue weighted by Gasteiger charge is -2.11. The molecule has 0 spiro atoms. The van der Waals surface area contributed by atoms with E-state index in [9.17, 15) is 4.79 Å². The topological polar surface area (TPSA) is 95.0 Å². The van der Waals surface area contributed by atoms with Gasteiger partial charge in [-0.15, -0.1) is 0 Å². The third-order valence-electron chi connectivity index (χ3n) is 6.63. The molecule has 2 atom stereocenters. The molecule has 0 unspecified atom stereocenters. The zero-order valence-corrected chi connectivity index (χ0v) is 18.4. The number of amides is 1. The number of fused-ring (bicyclic) bond motifs is 1. The number of aromatic nitrogens is 2. The average Bonchev–Trinajstić information content (AvgIpc) is 3.64. The van der Waals surface area contributed by atoms with Gasteiger partial charge in [0.1, 0.15) is 17.2 Å². The van der Waals surface area contributed by atoms with Crippen LogP contribution in [-0.2, 0) is 4.79 Å². The quantitative estimate of drug-likeness (QED) is 0.363. The molecule has 0 saturated carbocycles. The van der Waals surface area contributed by atoms with Crippen molar-refractivity contribution in [3.63, 3.8) is 0 Å². The maximum Gasteiger partial charge on any atom is 0.241 e. The predicted octanol–water partition coefficient (Wildman–Crippen LogP) is 4.60. The summed E-state index contributed by atoms with van der Waals surface area (Å²) >= 11 is 0. The fourth-order valence-electron chi connectivity index (χ4n) is 4.79. The molecule has 2 aromatic carbocycles. The second-order valence-electron chi connectivity index (χ2n) is 8.91. The van der Waals surface area contributed by atoms with Crippen molar-refractivity contribution in [2.75, 3.05) is 18.4 Å². The molecule has 7 nitrogen and oxygen atoms in total. The van der Waals surface area contributed by atoms with E-state index >= 15 is 0 Å². The van der Waals surface area contributed by atoms with E-state index < -0.39 is 0 Å². The lowest BCUT2D eigenvalue weighted by molar-refractivity contribution is -0.117. The van der Waals surface area contributed by atoms with Gasteiger partial charge in [0.15, 0.2) is 0 Å². The highest BCUT2D eigenvalue weighted by molar-refractivity contribution is 5.95. The van der Waals surface area contributed by atoms with Crippen molar-refractivity contribution in [3.05, 3.63) is 60.6 Å². The Labute approximate surface area is 192 Å². The molecule has 2 aliphatic heterocycles. The lowest BCUT2D eigenvalue weighted by Crippen LogP contribution is -2.35. The van der Waals surface area contributed by atoms with Crippen LogP contribution in [0.25, 0.3) is 33.6 Å². The van der Waals surface area contributed by atoms with Crippen LogP contribution in [0.4, 0.5) is 5.69 Å². The Kier molecular flexibility index (Phi) is 5.20. The first-order valence-electron chi connectivity index (χ1n) is 11.7. The number of rotatable bonds is 5. The maximum absolute atomic E-state index is 12.3. The number of furan rings is 1. The molecule has 33 heavy (non-hydrogen) atoms. The minimum atomic E-state index is -0.0883. The van der Waals surface area contributed by atoms with Crippen LogP contribution in [0.1, 0.15) is 37.5 Å². The molecule has 2 saturated heterocycles. The minimum Gasteiger partial charge on any atom is -0.456 e. The standard InChI is InChI=1S/C26H27N5O2/c32-26(21-4-2-12-28-21)30-19-8-5-16(6-9-19)24-14-18-13-17(7-10-23(18)33-24)22-15-29-25(31-22)20-3-1-11-27-20/h5-10,13-15,20-21,27-28H,1-4,11-12H2,(H,29,31)(H,30,32)/t20-,21-/m0/s1. The second-order valence-corrected chi connectivity index (χ2v) is 8.91. The van der Waals surface area contributed by atoms with Crippen molar-refractivity contribution in [2.24, 2.45) is 0 Å². The van der Waals surface area contributed by atoms with Crippen LogP contribution in [0.3, 0.4) is 0 Å². The Morgan fingerprint density at radius 1 is 0.970 bits per heavy atom. The number of H-pyrrole nitrogens is 1. The van der Waals surface area contributed by atoms with E-state index in [0.717, 1.165) is 77.4 Å². The number of nitrogens with one attached hydrogen (secondary N) is 4.